The van der Waals surface area contributed by atoms with Gasteiger partial charge in [-0.15, -0.1) is 0 Å². The fourth-order valence-corrected chi connectivity index (χ4v) is 2.37. The molecule has 1 fully saturated rings. The zero-order valence-corrected chi connectivity index (χ0v) is 12.5. The standard InChI is InChI=1S/C14H15BF4O3/c1-11(2)12(3,4)22-15(21-11)8-5-6-9-10(7-8)20-14(18,19)13(9,16)17/h5-7H,1-4H3. The van der Waals surface area contributed by atoms with Crippen LogP contribution in [0.5, 0.6) is 5.75 Å². The van der Waals surface area contributed by atoms with Crippen molar-refractivity contribution in [1.29, 1.82) is 0 Å². The molecular weight excluding hydrogens is 303 g/mol. The topological polar surface area (TPSA) is 27.7 Å². The second kappa shape index (κ2) is 4.17. The van der Waals surface area contributed by atoms with Crippen LogP contribution in [0.4, 0.5) is 17.6 Å². The molecule has 3 rings (SSSR count). The summed E-state index contributed by atoms with van der Waals surface area (Å²) >= 11 is 0. The van der Waals surface area contributed by atoms with Gasteiger partial charge in [0.05, 0.1) is 16.8 Å². The summed E-state index contributed by atoms with van der Waals surface area (Å²) in [7, 11) is -0.832. The quantitative estimate of drug-likeness (QED) is 0.588. The molecule has 2 aliphatic rings. The summed E-state index contributed by atoms with van der Waals surface area (Å²) in [6, 6.07) is 3.34. The van der Waals surface area contributed by atoms with Gasteiger partial charge in [-0.2, -0.15) is 17.6 Å². The van der Waals surface area contributed by atoms with Crippen molar-refractivity contribution in [3.63, 3.8) is 0 Å². The van der Waals surface area contributed by atoms with E-state index in [1.54, 1.807) is 0 Å². The number of rotatable bonds is 1. The van der Waals surface area contributed by atoms with Gasteiger partial charge in [0.2, 0.25) is 0 Å². The van der Waals surface area contributed by atoms with Crippen LogP contribution >= 0.6 is 0 Å². The van der Waals surface area contributed by atoms with E-state index in [4.69, 9.17) is 9.31 Å². The average Bonchev–Trinajstić information content (AvgIpc) is 2.67. The molecule has 0 aliphatic carbocycles. The first-order valence-corrected chi connectivity index (χ1v) is 6.82. The summed E-state index contributed by atoms with van der Waals surface area (Å²) in [4.78, 5) is 0. The van der Waals surface area contributed by atoms with Gasteiger partial charge in [0.15, 0.2) is 0 Å². The van der Waals surface area contributed by atoms with Gasteiger partial charge in [-0.1, -0.05) is 6.07 Å². The summed E-state index contributed by atoms with van der Waals surface area (Å²) < 4.78 is 69.2. The number of alkyl halides is 4. The van der Waals surface area contributed by atoms with Crippen molar-refractivity contribution in [1.82, 2.24) is 0 Å². The van der Waals surface area contributed by atoms with Crippen molar-refractivity contribution in [3.8, 4) is 5.75 Å². The Morgan fingerprint density at radius 1 is 0.909 bits per heavy atom. The smallest absolute Gasteiger partial charge is 0.427 e. The van der Waals surface area contributed by atoms with Gasteiger partial charge in [-0.05, 0) is 45.3 Å². The molecule has 1 saturated heterocycles. The summed E-state index contributed by atoms with van der Waals surface area (Å²) in [5.41, 5.74) is -1.72. The van der Waals surface area contributed by atoms with Gasteiger partial charge in [0.25, 0.3) is 0 Å². The lowest BCUT2D eigenvalue weighted by atomic mass is 9.78. The highest BCUT2D eigenvalue weighted by atomic mass is 19.3. The van der Waals surface area contributed by atoms with Crippen LogP contribution in [0.2, 0.25) is 0 Å². The molecule has 2 aliphatic heterocycles. The molecule has 0 spiro atoms. The van der Waals surface area contributed by atoms with Crippen molar-refractivity contribution in [3.05, 3.63) is 23.8 Å². The first kappa shape index (κ1) is 15.6. The third-order valence-electron chi connectivity index (χ3n) is 4.47. The normalized spacial score (nSPS) is 26.6. The van der Waals surface area contributed by atoms with Crippen LogP contribution in [-0.4, -0.2) is 24.4 Å². The number of ether oxygens (including phenoxy) is 1. The van der Waals surface area contributed by atoms with E-state index >= 15 is 0 Å². The molecule has 0 aromatic heterocycles. The molecule has 1 aromatic carbocycles. The van der Waals surface area contributed by atoms with E-state index in [9.17, 15) is 17.6 Å². The predicted octanol–water partition coefficient (Wildman–Crippen LogP) is 3.06. The Balaban J connectivity index is 1.95. The number of fused-ring (bicyclic) bond motifs is 1. The van der Waals surface area contributed by atoms with E-state index in [1.807, 2.05) is 27.7 Å². The Morgan fingerprint density at radius 3 is 2.00 bits per heavy atom. The second-order valence-corrected chi connectivity index (χ2v) is 6.54. The first-order chi connectivity index (χ1) is 9.87. The lowest BCUT2D eigenvalue weighted by Crippen LogP contribution is -2.41. The van der Waals surface area contributed by atoms with Crippen LogP contribution in [0.15, 0.2) is 18.2 Å². The maximum atomic E-state index is 13.5. The molecule has 1 aromatic rings. The molecule has 0 N–H and O–H groups in total. The van der Waals surface area contributed by atoms with E-state index in [2.05, 4.69) is 4.74 Å². The van der Waals surface area contributed by atoms with Crippen LogP contribution in [0, 0.1) is 0 Å². The number of hydrogen-bond donors (Lipinski definition) is 0. The molecular formula is C14H15BF4O3. The molecule has 120 valence electrons. The zero-order valence-electron chi connectivity index (χ0n) is 12.5. The van der Waals surface area contributed by atoms with Crippen molar-refractivity contribution in [2.24, 2.45) is 0 Å². The van der Waals surface area contributed by atoms with Gasteiger partial charge < -0.3 is 14.0 Å². The highest BCUT2D eigenvalue weighted by molar-refractivity contribution is 6.62. The van der Waals surface area contributed by atoms with E-state index in [0.717, 1.165) is 12.1 Å². The Labute approximate surface area is 125 Å². The van der Waals surface area contributed by atoms with E-state index in [-0.39, 0.29) is 0 Å². The first-order valence-electron chi connectivity index (χ1n) is 6.82. The molecule has 0 radical (unpaired) electrons. The lowest BCUT2D eigenvalue weighted by Gasteiger charge is -2.32. The van der Waals surface area contributed by atoms with Gasteiger partial charge >= 0.3 is 19.1 Å². The summed E-state index contributed by atoms with van der Waals surface area (Å²) in [5, 5.41) is 0. The average molecular weight is 318 g/mol. The Bertz CT molecular complexity index is 615. The number of halogens is 4. The number of hydrogen-bond acceptors (Lipinski definition) is 3. The maximum Gasteiger partial charge on any atom is 0.494 e. The van der Waals surface area contributed by atoms with Crippen LogP contribution in [0.1, 0.15) is 33.3 Å². The summed E-state index contributed by atoms with van der Waals surface area (Å²) in [5.74, 6) is -4.90. The molecule has 8 heteroatoms. The monoisotopic (exact) mass is 318 g/mol. The zero-order chi connectivity index (χ0) is 16.6. The summed E-state index contributed by atoms with van der Waals surface area (Å²) in [6.45, 7) is 7.33. The third-order valence-corrected chi connectivity index (χ3v) is 4.47. The molecule has 0 atom stereocenters. The van der Waals surface area contributed by atoms with Gasteiger partial charge in [0, 0.05) is 0 Å². The highest BCUT2D eigenvalue weighted by Crippen LogP contribution is 2.53. The molecule has 0 saturated carbocycles. The van der Waals surface area contributed by atoms with Crippen LogP contribution in [0.3, 0.4) is 0 Å². The highest BCUT2D eigenvalue weighted by Gasteiger charge is 2.66. The molecule has 0 bridgehead atoms. The fourth-order valence-electron chi connectivity index (χ4n) is 2.37. The minimum atomic E-state index is -4.55. The van der Waals surface area contributed by atoms with E-state index in [0.29, 0.717) is 5.46 Å². The van der Waals surface area contributed by atoms with E-state index < -0.39 is 41.7 Å². The lowest BCUT2D eigenvalue weighted by molar-refractivity contribution is -0.296. The third kappa shape index (κ3) is 1.96. The fraction of sp³-hybridized carbons (Fsp3) is 0.571. The van der Waals surface area contributed by atoms with Crippen molar-refractivity contribution in [2.75, 3.05) is 0 Å². The van der Waals surface area contributed by atoms with Crippen molar-refractivity contribution >= 4 is 12.6 Å². The Hall–Kier alpha value is -1.28. The molecule has 0 unspecified atom stereocenters. The predicted molar refractivity (Wildman–Crippen MR) is 71.6 cm³/mol. The van der Waals surface area contributed by atoms with E-state index in [1.165, 1.54) is 6.07 Å². The molecule has 0 amide bonds. The molecule has 2 heterocycles. The van der Waals surface area contributed by atoms with Crippen LogP contribution < -0.4 is 10.2 Å². The number of benzene rings is 1. The Morgan fingerprint density at radius 2 is 1.45 bits per heavy atom. The summed E-state index contributed by atoms with van der Waals surface area (Å²) in [6.07, 6.45) is -4.55. The van der Waals surface area contributed by atoms with Crippen LogP contribution in [-0.2, 0) is 15.2 Å². The van der Waals surface area contributed by atoms with Gasteiger partial charge in [0.1, 0.15) is 5.75 Å². The van der Waals surface area contributed by atoms with Crippen molar-refractivity contribution in [2.45, 2.75) is 50.9 Å². The van der Waals surface area contributed by atoms with Gasteiger partial charge in [-0.25, -0.2) is 0 Å². The van der Waals surface area contributed by atoms with Crippen LogP contribution in [0.25, 0.3) is 0 Å². The maximum absolute atomic E-state index is 13.5. The molecule has 22 heavy (non-hydrogen) atoms. The molecule has 3 nitrogen and oxygen atoms in total. The van der Waals surface area contributed by atoms with Crippen molar-refractivity contribution < 1.29 is 31.6 Å². The second-order valence-electron chi connectivity index (χ2n) is 6.54. The largest absolute Gasteiger partial charge is 0.494 e. The minimum Gasteiger partial charge on any atom is -0.427 e. The van der Waals surface area contributed by atoms with Gasteiger partial charge in [-0.3, -0.25) is 0 Å². The SMILES string of the molecule is CC1(C)OB(c2ccc3c(c2)OC(F)(F)C3(F)F)OC1(C)C. The minimum absolute atomic E-state index is 0.353. The Kier molecular flexibility index (Phi) is 2.96.